The van der Waals surface area contributed by atoms with Gasteiger partial charge in [-0.3, -0.25) is 0 Å². The molecule has 0 heterocycles. The monoisotopic (exact) mass is 659 g/mol. The number of hydrogen-bond donors (Lipinski definition) is 0. The maximum atomic E-state index is 10.6. The zero-order valence-corrected chi connectivity index (χ0v) is 27.7. The number of nitrogens with zero attached hydrogens (tertiary/aromatic N) is 5. The lowest BCUT2D eigenvalue weighted by molar-refractivity contribution is 1.44. The molecule has 0 unspecified atom stereocenters. The highest BCUT2D eigenvalue weighted by Gasteiger charge is 2.31. The third-order valence-electron chi connectivity index (χ3n) is 9.12. The molecule has 0 N–H and O–H groups in total. The summed E-state index contributed by atoms with van der Waals surface area (Å²) in [6.45, 7) is 0. The van der Waals surface area contributed by atoms with Gasteiger partial charge in [-0.2, -0.15) is 26.3 Å². The van der Waals surface area contributed by atoms with Crippen molar-refractivity contribution in [2.45, 2.75) is 0 Å². The smallest absolute Gasteiger partial charge is 0.0998 e. The average Bonchev–Trinajstić information content (AvgIpc) is 3.23. The van der Waals surface area contributed by atoms with Gasteiger partial charge in [0.25, 0.3) is 0 Å². The van der Waals surface area contributed by atoms with E-state index in [1.54, 1.807) is 42.5 Å². The Kier molecular flexibility index (Phi) is 8.90. The van der Waals surface area contributed by atoms with E-state index >= 15 is 0 Å². The zero-order chi connectivity index (χ0) is 36.0. The van der Waals surface area contributed by atoms with Crippen molar-refractivity contribution in [3.8, 4) is 97.1 Å². The highest BCUT2D eigenvalue weighted by Crippen LogP contribution is 2.57. The Labute approximate surface area is 302 Å². The third kappa shape index (κ3) is 5.73. The van der Waals surface area contributed by atoms with E-state index in [0.717, 1.165) is 38.9 Å². The van der Waals surface area contributed by atoms with Crippen LogP contribution in [0.3, 0.4) is 0 Å². The van der Waals surface area contributed by atoms with Crippen molar-refractivity contribution in [2.24, 2.45) is 0 Å². The zero-order valence-electron chi connectivity index (χ0n) is 27.7. The van der Waals surface area contributed by atoms with Crippen LogP contribution in [-0.2, 0) is 0 Å². The number of benzene rings is 7. The van der Waals surface area contributed by atoms with Crippen LogP contribution >= 0.6 is 0 Å². The Balaban J connectivity index is 1.89. The van der Waals surface area contributed by atoms with Crippen LogP contribution < -0.4 is 0 Å². The second-order valence-electron chi connectivity index (χ2n) is 12.0. The molecule has 7 rings (SSSR count). The lowest BCUT2D eigenvalue weighted by atomic mass is 9.72. The van der Waals surface area contributed by atoms with Crippen LogP contribution in [0.5, 0.6) is 0 Å². The minimum atomic E-state index is 0.433. The Morgan fingerprint density at radius 1 is 0.250 bits per heavy atom. The van der Waals surface area contributed by atoms with Gasteiger partial charge >= 0.3 is 0 Å². The minimum absolute atomic E-state index is 0.433. The largest absolute Gasteiger partial charge is 0.192 e. The van der Waals surface area contributed by atoms with Crippen LogP contribution in [-0.4, -0.2) is 0 Å². The SMILES string of the molecule is N#Cc1ccc(-c2c(-c3ccc(C#N)cc3)c(-c3ccccc3C#N)c(-c3ccccc3C#N)c(-c3ccccc3)c2-c2ccccc2C#N)cc1. The van der Waals surface area contributed by atoms with Gasteiger partial charge in [0.05, 0.1) is 58.2 Å². The summed E-state index contributed by atoms with van der Waals surface area (Å²) in [5.41, 5.74) is 11.1. The van der Waals surface area contributed by atoms with E-state index in [4.69, 9.17) is 0 Å². The molecule has 0 aliphatic carbocycles. The standard InChI is InChI=1S/C47H25N5/c48-26-31-18-22-34(23-19-31)42-43(35-24-20-32(27-49)21-25-35)46(40-16-8-5-13-37(40)29-51)47(41-17-9-6-14-38(41)30-52)44(33-10-2-1-3-11-33)45(42)39-15-7-4-12-36(39)28-50/h1-25H. The summed E-state index contributed by atoms with van der Waals surface area (Å²) in [6.07, 6.45) is 0. The van der Waals surface area contributed by atoms with E-state index in [1.165, 1.54) is 0 Å². The van der Waals surface area contributed by atoms with E-state index in [-0.39, 0.29) is 0 Å². The summed E-state index contributed by atoms with van der Waals surface area (Å²) in [6, 6.07) is 58.4. The number of nitriles is 5. The summed E-state index contributed by atoms with van der Waals surface area (Å²) in [4.78, 5) is 0. The number of hydrogen-bond acceptors (Lipinski definition) is 5. The second kappa shape index (κ2) is 14.2. The van der Waals surface area contributed by atoms with Crippen molar-refractivity contribution in [3.05, 3.63) is 179 Å². The Bertz CT molecular complexity index is 2710. The normalized spacial score (nSPS) is 10.2. The predicted molar refractivity (Wildman–Crippen MR) is 203 cm³/mol. The quantitative estimate of drug-likeness (QED) is 0.176. The van der Waals surface area contributed by atoms with Gasteiger partial charge in [0.1, 0.15) is 0 Å². The van der Waals surface area contributed by atoms with Crippen molar-refractivity contribution < 1.29 is 0 Å². The van der Waals surface area contributed by atoms with Crippen LogP contribution in [0, 0.1) is 56.7 Å². The molecule has 7 aromatic carbocycles. The van der Waals surface area contributed by atoms with Gasteiger partial charge in [-0.05, 0) is 92.5 Å². The maximum Gasteiger partial charge on any atom is 0.0998 e. The third-order valence-corrected chi connectivity index (χ3v) is 9.12. The molecule has 0 fully saturated rings. The van der Waals surface area contributed by atoms with E-state index < -0.39 is 0 Å². The highest BCUT2D eigenvalue weighted by atomic mass is 14.4. The topological polar surface area (TPSA) is 119 Å². The van der Waals surface area contributed by atoms with Crippen molar-refractivity contribution >= 4 is 0 Å². The minimum Gasteiger partial charge on any atom is -0.192 e. The fraction of sp³-hybridized carbons (Fsp3) is 0. The molecule has 0 radical (unpaired) electrons. The van der Waals surface area contributed by atoms with Gasteiger partial charge in [-0.1, -0.05) is 109 Å². The Morgan fingerprint density at radius 2 is 0.538 bits per heavy atom. The molecule has 0 amide bonds. The summed E-state index contributed by atoms with van der Waals surface area (Å²) >= 11 is 0. The van der Waals surface area contributed by atoms with Gasteiger partial charge < -0.3 is 0 Å². The van der Waals surface area contributed by atoms with Gasteiger partial charge in [0.15, 0.2) is 0 Å². The van der Waals surface area contributed by atoms with E-state index in [9.17, 15) is 26.3 Å². The Morgan fingerprint density at radius 3 is 0.885 bits per heavy atom. The molecule has 7 aromatic rings. The molecule has 0 aliphatic rings. The molecule has 5 nitrogen and oxygen atoms in total. The first-order valence-corrected chi connectivity index (χ1v) is 16.4. The van der Waals surface area contributed by atoms with Crippen LogP contribution in [0.1, 0.15) is 27.8 Å². The van der Waals surface area contributed by atoms with Gasteiger partial charge in [0, 0.05) is 16.7 Å². The molecule has 52 heavy (non-hydrogen) atoms. The molecule has 0 atom stereocenters. The predicted octanol–water partition coefficient (Wildman–Crippen LogP) is 11.0. The summed E-state index contributed by atoms with van der Waals surface area (Å²) in [5, 5.41) is 51.3. The molecular formula is C47H25N5. The molecule has 0 aliphatic heterocycles. The molecule has 5 heteroatoms. The van der Waals surface area contributed by atoms with E-state index in [1.807, 2.05) is 109 Å². The lowest BCUT2D eigenvalue weighted by Gasteiger charge is -2.29. The maximum absolute atomic E-state index is 10.6. The first kappa shape index (κ1) is 32.5. The first-order chi connectivity index (χ1) is 25.6. The van der Waals surface area contributed by atoms with Crippen LogP contribution in [0.4, 0.5) is 0 Å². The summed E-state index contributed by atoms with van der Waals surface area (Å²) in [5.74, 6) is 0. The van der Waals surface area contributed by atoms with Crippen molar-refractivity contribution in [1.29, 1.82) is 26.3 Å². The van der Waals surface area contributed by atoms with Crippen LogP contribution in [0.2, 0.25) is 0 Å². The number of rotatable bonds is 6. The van der Waals surface area contributed by atoms with Crippen molar-refractivity contribution in [2.75, 3.05) is 0 Å². The fourth-order valence-electron chi connectivity index (χ4n) is 6.85. The molecule has 0 aromatic heterocycles. The van der Waals surface area contributed by atoms with E-state index in [2.05, 4.69) is 30.3 Å². The van der Waals surface area contributed by atoms with Gasteiger partial charge in [0.2, 0.25) is 0 Å². The first-order valence-electron chi connectivity index (χ1n) is 16.4. The molecule has 0 saturated heterocycles. The van der Waals surface area contributed by atoms with Crippen LogP contribution in [0.15, 0.2) is 152 Å². The molecule has 0 saturated carbocycles. The van der Waals surface area contributed by atoms with Crippen molar-refractivity contribution in [1.82, 2.24) is 0 Å². The lowest BCUT2D eigenvalue weighted by Crippen LogP contribution is -2.04. The molecule has 0 bridgehead atoms. The second-order valence-corrected chi connectivity index (χ2v) is 12.0. The van der Waals surface area contributed by atoms with Crippen LogP contribution in [0.25, 0.3) is 66.8 Å². The van der Waals surface area contributed by atoms with Gasteiger partial charge in [-0.15, -0.1) is 0 Å². The molecule has 0 spiro atoms. The summed E-state index contributed by atoms with van der Waals surface area (Å²) < 4.78 is 0. The molecule has 238 valence electrons. The summed E-state index contributed by atoms with van der Waals surface area (Å²) in [7, 11) is 0. The molecular weight excluding hydrogens is 635 g/mol. The van der Waals surface area contributed by atoms with Crippen molar-refractivity contribution in [3.63, 3.8) is 0 Å². The van der Waals surface area contributed by atoms with Gasteiger partial charge in [-0.25, -0.2) is 0 Å². The van der Waals surface area contributed by atoms with E-state index in [0.29, 0.717) is 55.6 Å². The average molecular weight is 660 g/mol. The fourth-order valence-corrected chi connectivity index (χ4v) is 6.85. The Hall–Kier alpha value is -8.01. The highest BCUT2D eigenvalue weighted by molar-refractivity contribution is 6.16.